The number of amides is 1. The number of rotatable bonds is 11. The van der Waals surface area contributed by atoms with Gasteiger partial charge in [0.2, 0.25) is 5.91 Å². The van der Waals surface area contributed by atoms with Crippen LogP contribution < -0.4 is 0 Å². The molecule has 1 amide bonds. The number of unbranched alkanes of at least 4 members (excludes halogenated alkanes) is 3. The molecule has 5 heteroatoms. The molecule has 0 heterocycles. The van der Waals surface area contributed by atoms with Gasteiger partial charge in [0, 0.05) is 13.0 Å². The zero-order valence-corrected chi connectivity index (χ0v) is 12.0. The number of carboxylic acids is 1. The summed E-state index contributed by atoms with van der Waals surface area (Å²) in [4.78, 5) is 23.5. The fourth-order valence-corrected chi connectivity index (χ4v) is 1.91. The van der Waals surface area contributed by atoms with Gasteiger partial charge in [0.05, 0.1) is 0 Å². The summed E-state index contributed by atoms with van der Waals surface area (Å²) in [6.45, 7) is 3.87. The van der Waals surface area contributed by atoms with Gasteiger partial charge in [0.1, 0.15) is 12.7 Å². The first-order chi connectivity index (χ1) is 9.01. The molecule has 0 fully saturated rings. The number of halogens is 1. The Balaban J connectivity index is 3.83. The van der Waals surface area contributed by atoms with Gasteiger partial charge in [-0.05, 0) is 19.8 Å². The first-order valence-electron chi connectivity index (χ1n) is 7.14. The number of nitrogens with zero attached hydrogens (tertiary/aromatic N) is 1. The van der Waals surface area contributed by atoms with E-state index in [0.717, 1.165) is 25.7 Å². The monoisotopic (exact) mass is 275 g/mol. The lowest BCUT2D eigenvalue weighted by Crippen LogP contribution is -2.35. The van der Waals surface area contributed by atoms with Gasteiger partial charge < -0.3 is 10.0 Å². The van der Waals surface area contributed by atoms with Crippen LogP contribution in [-0.4, -0.2) is 41.1 Å². The lowest BCUT2D eigenvalue weighted by molar-refractivity contribution is -0.144. The SMILES string of the molecule is CCCCCCC(F)CCC(=O)N(CC)CC(=O)O. The second kappa shape index (κ2) is 10.8. The number of carbonyl (C=O) groups is 2. The largest absolute Gasteiger partial charge is 0.480 e. The van der Waals surface area contributed by atoms with E-state index in [1.807, 2.05) is 0 Å². The van der Waals surface area contributed by atoms with Crippen molar-refractivity contribution in [3.05, 3.63) is 0 Å². The molecule has 4 nitrogen and oxygen atoms in total. The van der Waals surface area contributed by atoms with Crippen molar-refractivity contribution in [1.29, 1.82) is 0 Å². The Hall–Kier alpha value is -1.13. The summed E-state index contributed by atoms with van der Waals surface area (Å²) in [6.07, 6.45) is 3.96. The lowest BCUT2D eigenvalue weighted by atomic mass is 10.1. The fourth-order valence-electron chi connectivity index (χ4n) is 1.91. The second-order valence-corrected chi connectivity index (χ2v) is 4.79. The minimum Gasteiger partial charge on any atom is -0.480 e. The Kier molecular flexibility index (Phi) is 10.1. The Morgan fingerprint density at radius 2 is 1.84 bits per heavy atom. The van der Waals surface area contributed by atoms with Crippen molar-refractivity contribution in [3.63, 3.8) is 0 Å². The third-order valence-corrected chi connectivity index (χ3v) is 3.10. The van der Waals surface area contributed by atoms with Crippen LogP contribution in [0.3, 0.4) is 0 Å². The van der Waals surface area contributed by atoms with Gasteiger partial charge >= 0.3 is 5.97 Å². The van der Waals surface area contributed by atoms with E-state index in [1.54, 1.807) is 6.92 Å². The van der Waals surface area contributed by atoms with E-state index in [1.165, 1.54) is 4.90 Å². The van der Waals surface area contributed by atoms with Gasteiger partial charge in [-0.15, -0.1) is 0 Å². The van der Waals surface area contributed by atoms with Gasteiger partial charge in [0.15, 0.2) is 0 Å². The standard InChI is InChI=1S/C14H26FNO3/c1-3-5-6-7-8-12(15)9-10-13(17)16(4-2)11-14(18)19/h12H,3-11H2,1-2H3,(H,18,19). The summed E-state index contributed by atoms with van der Waals surface area (Å²) in [5.41, 5.74) is 0. The summed E-state index contributed by atoms with van der Waals surface area (Å²) in [5, 5.41) is 8.64. The zero-order chi connectivity index (χ0) is 14.7. The maximum Gasteiger partial charge on any atom is 0.323 e. The zero-order valence-electron chi connectivity index (χ0n) is 12.0. The van der Waals surface area contributed by atoms with Crippen molar-refractivity contribution in [2.24, 2.45) is 0 Å². The summed E-state index contributed by atoms with van der Waals surface area (Å²) >= 11 is 0. The molecule has 0 saturated carbocycles. The molecule has 0 aliphatic carbocycles. The van der Waals surface area contributed by atoms with Crippen molar-refractivity contribution in [3.8, 4) is 0 Å². The van der Waals surface area contributed by atoms with Gasteiger partial charge in [-0.2, -0.15) is 0 Å². The Morgan fingerprint density at radius 1 is 1.16 bits per heavy atom. The van der Waals surface area contributed by atoms with E-state index in [9.17, 15) is 14.0 Å². The summed E-state index contributed by atoms with van der Waals surface area (Å²) in [6, 6.07) is 0. The second-order valence-electron chi connectivity index (χ2n) is 4.79. The number of aliphatic carboxylic acids is 1. The molecule has 112 valence electrons. The first-order valence-corrected chi connectivity index (χ1v) is 7.14. The Bertz CT molecular complexity index is 271. The number of hydrogen-bond donors (Lipinski definition) is 1. The number of likely N-dealkylation sites (N-methyl/N-ethyl adjacent to an activating group) is 1. The van der Waals surface area contributed by atoms with E-state index in [-0.39, 0.29) is 25.3 Å². The molecular weight excluding hydrogens is 249 g/mol. The van der Waals surface area contributed by atoms with Crippen LogP contribution in [-0.2, 0) is 9.59 Å². The number of carboxylic acid groups (broad SMARTS) is 1. The molecule has 0 rings (SSSR count). The number of hydrogen-bond acceptors (Lipinski definition) is 2. The molecule has 0 radical (unpaired) electrons. The highest BCUT2D eigenvalue weighted by Crippen LogP contribution is 2.13. The minimum absolute atomic E-state index is 0.0933. The van der Waals surface area contributed by atoms with Gasteiger partial charge in [0.25, 0.3) is 0 Å². The highest BCUT2D eigenvalue weighted by Gasteiger charge is 2.16. The molecule has 0 bridgehead atoms. The lowest BCUT2D eigenvalue weighted by Gasteiger charge is -2.19. The van der Waals surface area contributed by atoms with Crippen LogP contribution in [0.5, 0.6) is 0 Å². The van der Waals surface area contributed by atoms with Crippen LogP contribution in [0.2, 0.25) is 0 Å². The van der Waals surface area contributed by atoms with Crippen molar-refractivity contribution in [2.45, 2.75) is 65.0 Å². The fraction of sp³-hybridized carbons (Fsp3) is 0.857. The van der Waals surface area contributed by atoms with E-state index < -0.39 is 12.1 Å². The number of carbonyl (C=O) groups excluding carboxylic acids is 1. The predicted octanol–water partition coefficient (Wildman–Crippen LogP) is 3.01. The highest BCUT2D eigenvalue weighted by atomic mass is 19.1. The van der Waals surface area contributed by atoms with Crippen LogP contribution >= 0.6 is 0 Å². The molecule has 1 N–H and O–H groups in total. The topological polar surface area (TPSA) is 57.6 Å². The van der Waals surface area contributed by atoms with Crippen LogP contribution in [0.4, 0.5) is 4.39 Å². The minimum atomic E-state index is -1.04. The van der Waals surface area contributed by atoms with Crippen LogP contribution in [0.1, 0.15) is 58.8 Å². The molecular formula is C14H26FNO3. The number of alkyl halides is 1. The average Bonchev–Trinajstić information content (AvgIpc) is 2.38. The van der Waals surface area contributed by atoms with E-state index in [0.29, 0.717) is 13.0 Å². The molecule has 0 aliphatic rings. The third-order valence-electron chi connectivity index (χ3n) is 3.10. The molecule has 0 aromatic rings. The summed E-state index contributed by atoms with van der Waals surface area (Å²) in [5.74, 6) is -1.31. The van der Waals surface area contributed by atoms with Gasteiger partial charge in [-0.1, -0.05) is 32.6 Å². The quantitative estimate of drug-likeness (QED) is 0.590. The summed E-state index contributed by atoms with van der Waals surface area (Å²) < 4.78 is 13.5. The predicted molar refractivity (Wildman–Crippen MR) is 72.8 cm³/mol. The molecule has 0 saturated heterocycles. The van der Waals surface area contributed by atoms with Gasteiger partial charge in [-0.25, -0.2) is 4.39 Å². The molecule has 19 heavy (non-hydrogen) atoms. The molecule has 0 aliphatic heterocycles. The van der Waals surface area contributed by atoms with Crippen molar-refractivity contribution >= 4 is 11.9 Å². The van der Waals surface area contributed by atoms with E-state index in [2.05, 4.69) is 6.92 Å². The molecule has 1 atom stereocenters. The molecule has 0 aromatic heterocycles. The van der Waals surface area contributed by atoms with Crippen LogP contribution in [0.25, 0.3) is 0 Å². The van der Waals surface area contributed by atoms with E-state index >= 15 is 0 Å². The van der Waals surface area contributed by atoms with Crippen molar-refractivity contribution in [2.75, 3.05) is 13.1 Å². The van der Waals surface area contributed by atoms with Crippen LogP contribution in [0.15, 0.2) is 0 Å². The maximum absolute atomic E-state index is 13.5. The Labute approximate surface area is 115 Å². The van der Waals surface area contributed by atoms with Crippen molar-refractivity contribution < 1.29 is 19.1 Å². The summed E-state index contributed by atoms with van der Waals surface area (Å²) in [7, 11) is 0. The maximum atomic E-state index is 13.5. The molecule has 0 spiro atoms. The average molecular weight is 275 g/mol. The smallest absolute Gasteiger partial charge is 0.323 e. The normalized spacial score (nSPS) is 12.2. The van der Waals surface area contributed by atoms with E-state index in [4.69, 9.17) is 5.11 Å². The van der Waals surface area contributed by atoms with Gasteiger partial charge in [-0.3, -0.25) is 9.59 Å². The highest BCUT2D eigenvalue weighted by molar-refractivity contribution is 5.81. The van der Waals surface area contributed by atoms with Crippen molar-refractivity contribution in [1.82, 2.24) is 4.90 Å². The Morgan fingerprint density at radius 3 is 2.37 bits per heavy atom. The molecule has 1 unspecified atom stereocenters. The van der Waals surface area contributed by atoms with Crippen LogP contribution in [0, 0.1) is 0 Å². The third kappa shape index (κ3) is 9.45. The molecule has 0 aromatic carbocycles. The first kappa shape index (κ1) is 17.9.